The zero-order chi connectivity index (χ0) is 16.7. The molecule has 8 heteroatoms. The molecule has 4 N–H and O–H groups in total. The topological polar surface area (TPSA) is 101 Å². The zero-order valence-corrected chi connectivity index (χ0v) is 15.2. The number of carbonyl (C=O) groups excluding carboxylic acids is 1. The van der Waals surface area contributed by atoms with Crippen molar-refractivity contribution in [2.24, 2.45) is 11.7 Å². The highest BCUT2D eigenvalue weighted by Crippen LogP contribution is 2.23. The summed E-state index contributed by atoms with van der Waals surface area (Å²) in [6.07, 6.45) is 4.37. The molecular weight excluding hydrogens is 350 g/mol. The fourth-order valence-electron chi connectivity index (χ4n) is 2.94. The van der Waals surface area contributed by atoms with E-state index in [9.17, 15) is 13.2 Å². The molecule has 1 aromatic rings. The van der Waals surface area contributed by atoms with E-state index in [-0.39, 0.29) is 42.2 Å². The minimum Gasteiger partial charge on any atom is -0.353 e. The zero-order valence-electron chi connectivity index (χ0n) is 13.6. The Labute approximate surface area is 150 Å². The van der Waals surface area contributed by atoms with E-state index in [1.54, 1.807) is 18.2 Å². The van der Waals surface area contributed by atoms with E-state index in [1.807, 2.05) is 0 Å². The van der Waals surface area contributed by atoms with Gasteiger partial charge in [0.2, 0.25) is 15.9 Å². The van der Waals surface area contributed by atoms with Gasteiger partial charge in [0.15, 0.2) is 0 Å². The smallest absolute Gasteiger partial charge is 0.240 e. The quantitative estimate of drug-likeness (QED) is 0.670. The fourth-order valence-corrected chi connectivity index (χ4v) is 3.99. The first-order valence-corrected chi connectivity index (χ1v) is 9.55. The van der Waals surface area contributed by atoms with E-state index in [0.29, 0.717) is 12.5 Å². The molecule has 2 atom stereocenters. The van der Waals surface area contributed by atoms with Crippen molar-refractivity contribution in [2.75, 3.05) is 13.1 Å². The molecule has 2 unspecified atom stereocenters. The number of hydrogen-bond acceptors (Lipinski definition) is 4. The number of nitrogens with two attached hydrogens (primary N) is 1. The lowest BCUT2D eigenvalue weighted by Gasteiger charge is -2.31. The lowest BCUT2D eigenvalue weighted by molar-refractivity contribution is -0.122. The van der Waals surface area contributed by atoms with Crippen molar-refractivity contribution in [3.05, 3.63) is 30.3 Å². The van der Waals surface area contributed by atoms with E-state index in [0.717, 1.165) is 25.7 Å². The molecule has 0 saturated heterocycles. The molecule has 6 nitrogen and oxygen atoms in total. The number of sulfonamides is 1. The van der Waals surface area contributed by atoms with Crippen LogP contribution in [0.5, 0.6) is 0 Å². The lowest BCUT2D eigenvalue weighted by Crippen LogP contribution is -2.45. The van der Waals surface area contributed by atoms with Gasteiger partial charge in [-0.15, -0.1) is 12.4 Å². The number of benzene rings is 1. The molecule has 1 saturated carbocycles. The third kappa shape index (κ3) is 6.05. The maximum Gasteiger partial charge on any atom is 0.240 e. The largest absolute Gasteiger partial charge is 0.353 e. The van der Waals surface area contributed by atoms with Crippen molar-refractivity contribution >= 4 is 28.3 Å². The Morgan fingerprint density at radius 2 is 1.83 bits per heavy atom. The van der Waals surface area contributed by atoms with Crippen LogP contribution in [0.25, 0.3) is 0 Å². The van der Waals surface area contributed by atoms with Gasteiger partial charge < -0.3 is 11.1 Å². The Kier molecular flexibility index (Phi) is 8.69. The maximum atomic E-state index is 12.0. The minimum absolute atomic E-state index is 0. The Bertz CT molecular complexity index is 610. The summed E-state index contributed by atoms with van der Waals surface area (Å²) in [6.45, 7) is 0.661. The summed E-state index contributed by atoms with van der Waals surface area (Å²) < 4.78 is 26.5. The normalized spacial score (nSPS) is 20.9. The molecule has 0 bridgehead atoms. The number of hydrogen-bond donors (Lipinski definition) is 3. The summed E-state index contributed by atoms with van der Waals surface area (Å²) in [5, 5.41) is 2.99. The summed E-state index contributed by atoms with van der Waals surface area (Å²) in [4.78, 5) is 12.2. The van der Waals surface area contributed by atoms with Gasteiger partial charge in [-0.3, -0.25) is 4.79 Å². The Hall–Kier alpha value is -1.15. The average Bonchev–Trinajstić information content (AvgIpc) is 2.56. The highest BCUT2D eigenvalue weighted by molar-refractivity contribution is 7.89. The Morgan fingerprint density at radius 1 is 1.17 bits per heavy atom. The van der Waals surface area contributed by atoms with Gasteiger partial charge in [0, 0.05) is 19.0 Å². The molecule has 1 amide bonds. The van der Waals surface area contributed by atoms with Crippen LogP contribution in [0.2, 0.25) is 0 Å². The molecule has 24 heavy (non-hydrogen) atoms. The average molecular weight is 376 g/mol. The van der Waals surface area contributed by atoms with Crippen LogP contribution < -0.4 is 15.8 Å². The van der Waals surface area contributed by atoms with E-state index in [4.69, 9.17) is 5.73 Å². The molecule has 0 radical (unpaired) electrons. The number of nitrogens with one attached hydrogen (secondary N) is 2. The van der Waals surface area contributed by atoms with Crippen LogP contribution in [0.3, 0.4) is 0 Å². The second kappa shape index (κ2) is 9.98. The van der Waals surface area contributed by atoms with Crippen LogP contribution in [-0.2, 0) is 14.8 Å². The summed E-state index contributed by atoms with van der Waals surface area (Å²) in [5.41, 5.74) is 5.75. The van der Waals surface area contributed by atoms with E-state index in [1.165, 1.54) is 12.1 Å². The third-order valence-corrected chi connectivity index (χ3v) is 5.73. The fraction of sp³-hybridized carbons (Fsp3) is 0.562. The Balaban J connectivity index is 0.00000288. The molecule has 1 aliphatic rings. The first kappa shape index (κ1) is 20.9. The lowest BCUT2D eigenvalue weighted by atomic mass is 9.84. The van der Waals surface area contributed by atoms with Crippen molar-refractivity contribution in [3.8, 4) is 0 Å². The summed E-state index contributed by atoms with van der Waals surface area (Å²) in [5.74, 6) is 0.194. The standard InChI is InChI=1S/C16H25N3O3S.ClH/c17-12-13-6-4-5-9-15(13)19-16(20)10-11-18-23(21,22)14-7-2-1-3-8-14;/h1-3,7-8,13,15,18H,4-6,9-12,17H2,(H,19,20);1H. The molecule has 2 rings (SSSR count). The molecule has 1 aromatic carbocycles. The predicted molar refractivity (Wildman–Crippen MR) is 96.4 cm³/mol. The van der Waals surface area contributed by atoms with Gasteiger partial charge in [0.05, 0.1) is 4.90 Å². The number of halogens is 1. The van der Waals surface area contributed by atoms with Crippen LogP contribution in [0, 0.1) is 5.92 Å². The minimum atomic E-state index is -3.55. The molecule has 0 spiro atoms. The van der Waals surface area contributed by atoms with Gasteiger partial charge in [-0.25, -0.2) is 13.1 Å². The van der Waals surface area contributed by atoms with Crippen molar-refractivity contribution in [1.82, 2.24) is 10.0 Å². The van der Waals surface area contributed by atoms with E-state index in [2.05, 4.69) is 10.0 Å². The second-order valence-electron chi connectivity index (χ2n) is 5.92. The maximum absolute atomic E-state index is 12.0. The molecule has 1 fully saturated rings. The van der Waals surface area contributed by atoms with Gasteiger partial charge in [-0.1, -0.05) is 31.0 Å². The SMILES string of the molecule is Cl.NCC1CCCCC1NC(=O)CCNS(=O)(=O)c1ccccc1. The van der Waals surface area contributed by atoms with Gasteiger partial charge in [0.25, 0.3) is 0 Å². The molecule has 0 heterocycles. The van der Waals surface area contributed by atoms with E-state index >= 15 is 0 Å². The highest BCUT2D eigenvalue weighted by Gasteiger charge is 2.25. The van der Waals surface area contributed by atoms with Gasteiger partial charge in [-0.05, 0) is 37.4 Å². The molecule has 0 aliphatic heterocycles. The van der Waals surface area contributed by atoms with E-state index < -0.39 is 10.0 Å². The van der Waals surface area contributed by atoms with Gasteiger partial charge in [-0.2, -0.15) is 0 Å². The first-order valence-electron chi connectivity index (χ1n) is 8.07. The highest BCUT2D eigenvalue weighted by atomic mass is 35.5. The summed E-state index contributed by atoms with van der Waals surface area (Å²) in [6, 6.07) is 8.25. The van der Waals surface area contributed by atoms with Crippen LogP contribution in [0.1, 0.15) is 32.1 Å². The summed E-state index contributed by atoms with van der Waals surface area (Å²) in [7, 11) is -3.55. The Morgan fingerprint density at radius 3 is 2.50 bits per heavy atom. The van der Waals surface area contributed by atoms with Gasteiger partial charge in [0.1, 0.15) is 0 Å². The predicted octanol–water partition coefficient (Wildman–Crippen LogP) is 1.41. The van der Waals surface area contributed by atoms with Crippen molar-refractivity contribution < 1.29 is 13.2 Å². The molecule has 0 aromatic heterocycles. The van der Waals surface area contributed by atoms with Crippen molar-refractivity contribution in [1.29, 1.82) is 0 Å². The number of amides is 1. The van der Waals surface area contributed by atoms with Crippen molar-refractivity contribution in [2.45, 2.75) is 43.0 Å². The van der Waals surface area contributed by atoms with Crippen LogP contribution in [0.15, 0.2) is 35.2 Å². The molecule has 136 valence electrons. The van der Waals surface area contributed by atoms with Crippen molar-refractivity contribution in [3.63, 3.8) is 0 Å². The van der Waals surface area contributed by atoms with Gasteiger partial charge >= 0.3 is 0 Å². The third-order valence-electron chi connectivity index (χ3n) is 4.26. The van der Waals surface area contributed by atoms with Crippen LogP contribution >= 0.6 is 12.4 Å². The molecular formula is C16H26ClN3O3S. The number of carbonyl (C=O) groups is 1. The number of rotatable bonds is 7. The van der Waals surface area contributed by atoms with Crippen LogP contribution in [0.4, 0.5) is 0 Å². The second-order valence-corrected chi connectivity index (χ2v) is 7.68. The summed E-state index contributed by atoms with van der Waals surface area (Å²) >= 11 is 0. The van der Waals surface area contributed by atoms with Crippen LogP contribution in [-0.4, -0.2) is 33.5 Å². The monoisotopic (exact) mass is 375 g/mol. The first-order chi connectivity index (χ1) is 11.0. The molecule has 1 aliphatic carbocycles.